The van der Waals surface area contributed by atoms with E-state index in [0.29, 0.717) is 29.0 Å². The zero-order valence-electron chi connectivity index (χ0n) is 21.9. The van der Waals surface area contributed by atoms with Gasteiger partial charge in [-0.1, -0.05) is 23.3 Å². The maximum absolute atomic E-state index is 12.8. The first kappa shape index (κ1) is 28.3. The van der Waals surface area contributed by atoms with Gasteiger partial charge >= 0.3 is 11.9 Å². The fourth-order valence-electron chi connectivity index (χ4n) is 3.45. The van der Waals surface area contributed by atoms with Crippen molar-refractivity contribution in [2.45, 2.75) is 74.3 Å². The summed E-state index contributed by atoms with van der Waals surface area (Å²) in [6, 6.07) is 0. The molecule has 33 heavy (non-hydrogen) atoms. The largest absolute Gasteiger partial charge is 0.496 e. The summed E-state index contributed by atoms with van der Waals surface area (Å²) in [6.45, 7) is 13.4. The molecule has 0 aromatic heterocycles. The minimum Gasteiger partial charge on any atom is -0.496 e. The van der Waals surface area contributed by atoms with Crippen molar-refractivity contribution in [3.05, 3.63) is 45.6 Å². The molecule has 1 rings (SSSR count). The number of carbonyl (C=O) groups excluding carboxylic acids is 2. The summed E-state index contributed by atoms with van der Waals surface area (Å²) in [6.07, 6.45) is 6.79. The van der Waals surface area contributed by atoms with E-state index >= 15 is 0 Å². The van der Waals surface area contributed by atoms with Crippen molar-refractivity contribution in [2.24, 2.45) is 5.41 Å². The van der Waals surface area contributed by atoms with Crippen molar-refractivity contribution < 1.29 is 28.5 Å². The van der Waals surface area contributed by atoms with Gasteiger partial charge in [-0.15, -0.1) is 0 Å². The van der Waals surface area contributed by atoms with Gasteiger partial charge in [0.25, 0.3) is 0 Å². The first-order chi connectivity index (χ1) is 15.4. The number of hydrogen-bond donors (Lipinski definition) is 0. The molecule has 0 bridgehead atoms. The Kier molecular flexibility index (Phi) is 10.7. The molecule has 0 radical (unpaired) electrons. The van der Waals surface area contributed by atoms with E-state index in [2.05, 4.69) is 32.9 Å². The van der Waals surface area contributed by atoms with Gasteiger partial charge in [-0.2, -0.15) is 0 Å². The topological polar surface area (TPSA) is 71.1 Å². The van der Waals surface area contributed by atoms with Crippen molar-refractivity contribution in [3.63, 3.8) is 0 Å². The van der Waals surface area contributed by atoms with E-state index in [1.165, 1.54) is 25.4 Å². The molecule has 0 amide bonds. The molecule has 0 atom stereocenters. The van der Waals surface area contributed by atoms with Gasteiger partial charge in [0.15, 0.2) is 0 Å². The second-order valence-corrected chi connectivity index (χ2v) is 9.42. The highest BCUT2D eigenvalue weighted by Gasteiger charge is 2.30. The summed E-state index contributed by atoms with van der Waals surface area (Å²) in [4.78, 5) is 25.2. The minimum atomic E-state index is -0.665. The number of rotatable bonds is 10. The maximum atomic E-state index is 12.8. The second-order valence-electron chi connectivity index (χ2n) is 9.42. The molecule has 0 heterocycles. The van der Waals surface area contributed by atoms with Crippen LogP contribution in [0.5, 0.6) is 11.5 Å². The third-order valence-corrected chi connectivity index (χ3v) is 5.37. The monoisotopic (exact) mass is 460 g/mol. The van der Waals surface area contributed by atoms with Gasteiger partial charge in [0.2, 0.25) is 0 Å². The SMILES string of the molecule is COC(=O)c1c(COC(=O)C(C)(C)C)c(C)c(OC)c(C/C=C(\C)CCC=C(C)C)c1OC. The molecule has 0 saturated heterocycles. The van der Waals surface area contributed by atoms with Gasteiger partial charge < -0.3 is 18.9 Å². The van der Waals surface area contributed by atoms with Gasteiger partial charge in [0.05, 0.1) is 26.7 Å². The summed E-state index contributed by atoms with van der Waals surface area (Å²) >= 11 is 0. The Balaban J connectivity index is 3.53. The Morgan fingerprint density at radius 2 is 1.52 bits per heavy atom. The number of carbonyl (C=O) groups is 2. The lowest BCUT2D eigenvalue weighted by Crippen LogP contribution is -2.24. The summed E-state index contributed by atoms with van der Waals surface area (Å²) in [5.41, 5.74) is 4.11. The van der Waals surface area contributed by atoms with Crippen molar-refractivity contribution in [1.29, 1.82) is 0 Å². The zero-order valence-corrected chi connectivity index (χ0v) is 21.9. The lowest BCUT2D eigenvalue weighted by molar-refractivity contribution is -0.154. The van der Waals surface area contributed by atoms with Crippen LogP contribution in [0, 0.1) is 12.3 Å². The quantitative estimate of drug-likeness (QED) is 0.309. The van der Waals surface area contributed by atoms with Crippen LogP contribution < -0.4 is 9.47 Å². The molecule has 0 fully saturated rings. The summed E-state index contributed by atoms with van der Waals surface area (Å²) in [5.74, 6) is 0.0636. The molecule has 0 saturated carbocycles. The molecule has 6 heteroatoms. The minimum absolute atomic E-state index is 0.0864. The van der Waals surface area contributed by atoms with Crippen molar-refractivity contribution in [3.8, 4) is 11.5 Å². The first-order valence-electron chi connectivity index (χ1n) is 11.2. The van der Waals surface area contributed by atoms with Crippen LogP contribution >= 0.6 is 0 Å². The van der Waals surface area contributed by atoms with Crippen molar-refractivity contribution in [2.75, 3.05) is 21.3 Å². The standard InChI is InChI=1S/C27H40O6/c1-17(2)12-11-13-18(3)14-15-20-23(30-8)19(4)21(16-33-26(29)27(5,6)7)22(24(20)31-9)25(28)32-10/h12,14H,11,13,15-16H2,1-10H3/b18-14+. The van der Waals surface area contributed by atoms with E-state index in [-0.39, 0.29) is 18.1 Å². The van der Waals surface area contributed by atoms with E-state index < -0.39 is 11.4 Å². The Bertz CT molecular complexity index is 912. The van der Waals surface area contributed by atoms with Crippen LogP contribution in [0.1, 0.15) is 81.4 Å². The molecule has 1 aromatic rings. The van der Waals surface area contributed by atoms with E-state index in [0.717, 1.165) is 18.4 Å². The molecule has 0 N–H and O–H groups in total. The summed E-state index contributed by atoms with van der Waals surface area (Å²) in [7, 11) is 4.41. The lowest BCUT2D eigenvalue weighted by atomic mass is 9.93. The van der Waals surface area contributed by atoms with Crippen molar-refractivity contribution >= 4 is 11.9 Å². The van der Waals surface area contributed by atoms with Gasteiger partial charge in [0, 0.05) is 11.1 Å². The van der Waals surface area contributed by atoms with E-state index in [4.69, 9.17) is 18.9 Å². The van der Waals surface area contributed by atoms with Gasteiger partial charge in [-0.3, -0.25) is 4.79 Å². The van der Waals surface area contributed by atoms with Gasteiger partial charge in [0.1, 0.15) is 23.7 Å². The van der Waals surface area contributed by atoms with E-state index in [1.807, 2.05) is 6.92 Å². The highest BCUT2D eigenvalue weighted by Crippen LogP contribution is 2.40. The van der Waals surface area contributed by atoms with Gasteiger partial charge in [-0.05, 0) is 73.3 Å². The van der Waals surface area contributed by atoms with Crippen LogP contribution in [0.15, 0.2) is 23.3 Å². The zero-order chi connectivity index (χ0) is 25.3. The first-order valence-corrected chi connectivity index (χ1v) is 11.2. The van der Waals surface area contributed by atoms with Crippen LogP contribution in [-0.2, 0) is 27.3 Å². The lowest BCUT2D eigenvalue weighted by Gasteiger charge is -2.23. The molecule has 0 aliphatic heterocycles. The number of ether oxygens (including phenoxy) is 4. The van der Waals surface area contributed by atoms with Crippen LogP contribution in [-0.4, -0.2) is 33.3 Å². The average molecular weight is 461 g/mol. The van der Waals surface area contributed by atoms with Crippen LogP contribution in [0.25, 0.3) is 0 Å². The number of esters is 2. The van der Waals surface area contributed by atoms with E-state index in [1.54, 1.807) is 27.9 Å². The van der Waals surface area contributed by atoms with Crippen LogP contribution in [0.3, 0.4) is 0 Å². The van der Waals surface area contributed by atoms with E-state index in [9.17, 15) is 9.59 Å². The molecular weight excluding hydrogens is 420 g/mol. The normalized spacial score (nSPS) is 11.6. The van der Waals surface area contributed by atoms with Crippen LogP contribution in [0.2, 0.25) is 0 Å². The smallest absolute Gasteiger partial charge is 0.342 e. The van der Waals surface area contributed by atoms with Gasteiger partial charge in [-0.25, -0.2) is 4.79 Å². The molecule has 6 nitrogen and oxygen atoms in total. The molecule has 0 aliphatic carbocycles. The molecule has 0 unspecified atom stereocenters. The third kappa shape index (κ3) is 7.65. The second kappa shape index (κ2) is 12.5. The Labute approximate surface area is 198 Å². The summed E-state index contributed by atoms with van der Waals surface area (Å²) in [5, 5.41) is 0. The highest BCUT2D eigenvalue weighted by atomic mass is 16.5. The number of benzene rings is 1. The third-order valence-electron chi connectivity index (χ3n) is 5.37. The van der Waals surface area contributed by atoms with Crippen LogP contribution in [0.4, 0.5) is 0 Å². The fourth-order valence-corrected chi connectivity index (χ4v) is 3.45. The maximum Gasteiger partial charge on any atom is 0.342 e. The number of methoxy groups -OCH3 is 3. The highest BCUT2D eigenvalue weighted by molar-refractivity contribution is 5.96. The molecule has 1 aromatic carbocycles. The fraction of sp³-hybridized carbons (Fsp3) is 0.556. The Morgan fingerprint density at radius 1 is 0.909 bits per heavy atom. The molecule has 0 aliphatic rings. The number of allylic oxidation sites excluding steroid dienone is 4. The Hall–Kier alpha value is -2.76. The van der Waals surface area contributed by atoms with Crippen molar-refractivity contribution in [1.82, 2.24) is 0 Å². The number of hydrogen-bond acceptors (Lipinski definition) is 6. The molecule has 184 valence electrons. The summed E-state index contributed by atoms with van der Waals surface area (Å²) < 4.78 is 22.0. The molecular formula is C27H40O6. The molecule has 0 spiro atoms. The predicted octanol–water partition coefficient (Wildman–Crippen LogP) is 6.12. The average Bonchev–Trinajstić information content (AvgIpc) is 2.74. The predicted molar refractivity (Wildman–Crippen MR) is 131 cm³/mol. The Morgan fingerprint density at radius 3 is 2.00 bits per heavy atom.